The molecule has 25 heavy (non-hydrogen) atoms. The maximum atomic E-state index is 11.9. The van der Waals surface area contributed by atoms with Gasteiger partial charge in [-0.05, 0) is 11.6 Å². The second kappa shape index (κ2) is 7.73. The predicted molar refractivity (Wildman–Crippen MR) is 95.1 cm³/mol. The van der Waals surface area contributed by atoms with Crippen LogP contribution >= 0.6 is 11.3 Å². The van der Waals surface area contributed by atoms with Crippen LogP contribution in [0.3, 0.4) is 0 Å². The van der Waals surface area contributed by atoms with E-state index in [1.54, 1.807) is 17.6 Å². The van der Waals surface area contributed by atoms with Gasteiger partial charge in [0.2, 0.25) is 0 Å². The summed E-state index contributed by atoms with van der Waals surface area (Å²) in [4.78, 5) is 30.1. The Bertz CT molecular complexity index is 873. The van der Waals surface area contributed by atoms with Crippen LogP contribution in [0, 0.1) is 0 Å². The summed E-state index contributed by atoms with van der Waals surface area (Å²) in [5, 5.41) is 4.94. The molecule has 1 aromatic carbocycles. The number of anilines is 1. The zero-order chi connectivity index (χ0) is 17.6. The topological polar surface area (TPSA) is 110 Å². The SMILES string of the molecule is NC(=O)c1cc(-c2csc(NC(=O)COCc3ccccc3)n2)c[nH]1. The zero-order valence-corrected chi connectivity index (χ0v) is 14.0. The highest BCUT2D eigenvalue weighted by molar-refractivity contribution is 7.14. The highest BCUT2D eigenvalue weighted by Gasteiger charge is 2.11. The number of aromatic amines is 1. The van der Waals surface area contributed by atoms with E-state index in [0.29, 0.717) is 23.1 Å². The smallest absolute Gasteiger partial charge is 0.265 e. The summed E-state index contributed by atoms with van der Waals surface area (Å²) in [6.45, 7) is 0.316. The summed E-state index contributed by atoms with van der Waals surface area (Å²) in [5.41, 5.74) is 7.89. The molecule has 0 bridgehead atoms. The number of primary amides is 1. The van der Waals surface area contributed by atoms with Crippen molar-refractivity contribution in [3.8, 4) is 11.3 Å². The van der Waals surface area contributed by atoms with Crippen molar-refractivity contribution in [2.75, 3.05) is 11.9 Å². The van der Waals surface area contributed by atoms with E-state index in [0.717, 1.165) is 11.1 Å². The van der Waals surface area contributed by atoms with Gasteiger partial charge in [0.25, 0.3) is 11.8 Å². The van der Waals surface area contributed by atoms with Crippen molar-refractivity contribution < 1.29 is 14.3 Å². The molecule has 3 rings (SSSR count). The fraction of sp³-hybridized carbons (Fsp3) is 0.118. The van der Waals surface area contributed by atoms with Gasteiger partial charge in [-0.3, -0.25) is 14.9 Å². The number of benzene rings is 1. The molecule has 7 nitrogen and oxygen atoms in total. The number of thiazole rings is 1. The molecule has 0 spiro atoms. The monoisotopic (exact) mass is 356 g/mol. The number of nitrogens with zero attached hydrogens (tertiary/aromatic N) is 1. The van der Waals surface area contributed by atoms with Crippen molar-refractivity contribution in [3.05, 3.63) is 59.2 Å². The summed E-state index contributed by atoms with van der Waals surface area (Å²) < 4.78 is 5.38. The second-order valence-electron chi connectivity index (χ2n) is 5.23. The standard InChI is InChI=1S/C17H16N4O3S/c18-16(23)13-6-12(7-19-13)14-10-25-17(20-14)21-15(22)9-24-8-11-4-2-1-3-5-11/h1-7,10,19H,8-9H2,(H2,18,23)(H,20,21,22). The van der Waals surface area contributed by atoms with Gasteiger partial charge in [-0.25, -0.2) is 4.98 Å². The molecule has 0 atom stereocenters. The van der Waals surface area contributed by atoms with E-state index >= 15 is 0 Å². The van der Waals surface area contributed by atoms with Gasteiger partial charge in [0, 0.05) is 17.1 Å². The first kappa shape index (κ1) is 16.9. The van der Waals surface area contributed by atoms with Crippen molar-refractivity contribution >= 4 is 28.3 Å². The molecule has 128 valence electrons. The summed E-state index contributed by atoms with van der Waals surface area (Å²) in [6.07, 6.45) is 1.64. The molecule has 0 fully saturated rings. The first-order chi connectivity index (χ1) is 12.1. The van der Waals surface area contributed by atoms with Gasteiger partial charge >= 0.3 is 0 Å². The first-order valence-electron chi connectivity index (χ1n) is 7.47. The molecular formula is C17H16N4O3S. The zero-order valence-electron chi connectivity index (χ0n) is 13.2. The lowest BCUT2D eigenvalue weighted by Gasteiger charge is -2.04. The molecule has 0 saturated heterocycles. The number of aromatic nitrogens is 2. The number of carbonyl (C=O) groups is 2. The molecule has 2 heterocycles. The Balaban J connectivity index is 1.52. The van der Waals surface area contributed by atoms with Crippen molar-refractivity contribution in [2.45, 2.75) is 6.61 Å². The van der Waals surface area contributed by atoms with Crippen molar-refractivity contribution in [1.82, 2.24) is 9.97 Å². The van der Waals surface area contributed by atoms with Crippen LogP contribution in [0.2, 0.25) is 0 Å². The highest BCUT2D eigenvalue weighted by Crippen LogP contribution is 2.25. The number of hydrogen-bond donors (Lipinski definition) is 3. The second-order valence-corrected chi connectivity index (χ2v) is 6.09. The minimum atomic E-state index is -0.537. The lowest BCUT2D eigenvalue weighted by molar-refractivity contribution is -0.121. The van der Waals surface area contributed by atoms with Crippen LogP contribution in [-0.4, -0.2) is 28.4 Å². The number of ether oxygens (including phenoxy) is 1. The summed E-state index contributed by atoms with van der Waals surface area (Å²) in [6, 6.07) is 11.2. The lowest BCUT2D eigenvalue weighted by Crippen LogP contribution is -2.18. The Kier molecular flexibility index (Phi) is 5.22. The Hall–Kier alpha value is -2.97. The summed E-state index contributed by atoms with van der Waals surface area (Å²) >= 11 is 1.29. The Morgan fingerprint density at radius 2 is 2.08 bits per heavy atom. The van der Waals surface area contributed by atoms with Gasteiger partial charge in [0.05, 0.1) is 12.3 Å². The fourth-order valence-corrected chi connectivity index (χ4v) is 2.88. The fourth-order valence-electron chi connectivity index (χ4n) is 2.14. The quantitative estimate of drug-likeness (QED) is 0.604. The van der Waals surface area contributed by atoms with E-state index in [2.05, 4.69) is 15.3 Å². The Morgan fingerprint density at radius 3 is 2.80 bits per heavy atom. The molecule has 0 aliphatic rings. The van der Waals surface area contributed by atoms with Crippen LogP contribution in [0.5, 0.6) is 0 Å². The van der Waals surface area contributed by atoms with Crippen LogP contribution < -0.4 is 11.1 Å². The van der Waals surface area contributed by atoms with Gasteiger partial charge in [0.1, 0.15) is 12.3 Å². The highest BCUT2D eigenvalue weighted by atomic mass is 32.1. The molecule has 3 aromatic rings. The molecule has 4 N–H and O–H groups in total. The number of rotatable bonds is 7. The number of amides is 2. The van der Waals surface area contributed by atoms with Gasteiger partial charge < -0.3 is 15.5 Å². The van der Waals surface area contributed by atoms with Gasteiger partial charge in [0.15, 0.2) is 5.13 Å². The number of nitrogens with two attached hydrogens (primary N) is 1. The Morgan fingerprint density at radius 1 is 1.28 bits per heavy atom. The van der Waals surface area contributed by atoms with Crippen LogP contribution in [0.4, 0.5) is 5.13 Å². The molecule has 0 unspecified atom stereocenters. The third-order valence-corrected chi connectivity index (χ3v) is 4.10. The molecule has 0 aliphatic heterocycles. The van der Waals surface area contributed by atoms with Gasteiger partial charge in [-0.1, -0.05) is 30.3 Å². The van der Waals surface area contributed by atoms with E-state index in [9.17, 15) is 9.59 Å². The molecular weight excluding hydrogens is 340 g/mol. The molecule has 0 saturated carbocycles. The van der Waals surface area contributed by atoms with Crippen LogP contribution in [-0.2, 0) is 16.1 Å². The van der Waals surface area contributed by atoms with Gasteiger partial charge in [-0.15, -0.1) is 11.3 Å². The van der Waals surface area contributed by atoms with Crippen molar-refractivity contribution in [1.29, 1.82) is 0 Å². The normalized spacial score (nSPS) is 10.6. The molecule has 0 radical (unpaired) electrons. The minimum absolute atomic E-state index is 0.0558. The predicted octanol–water partition coefficient (Wildman–Crippen LogP) is 2.39. The first-order valence-corrected chi connectivity index (χ1v) is 8.35. The third-order valence-electron chi connectivity index (χ3n) is 3.34. The van der Waals surface area contributed by atoms with E-state index in [4.69, 9.17) is 10.5 Å². The summed E-state index contributed by atoms with van der Waals surface area (Å²) in [5.74, 6) is -0.811. The maximum absolute atomic E-state index is 11.9. The largest absolute Gasteiger partial charge is 0.367 e. The maximum Gasteiger partial charge on any atom is 0.265 e. The Labute approximate surface area is 147 Å². The lowest BCUT2D eigenvalue weighted by atomic mass is 10.2. The minimum Gasteiger partial charge on any atom is -0.367 e. The van der Waals surface area contributed by atoms with Crippen LogP contribution in [0.1, 0.15) is 16.1 Å². The van der Waals surface area contributed by atoms with E-state index in [1.165, 1.54) is 11.3 Å². The number of hydrogen-bond acceptors (Lipinski definition) is 5. The number of H-pyrrole nitrogens is 1. The van der Waals surface area contributed by atoms with E-state index < -0.39 is 5.91 Å². The van der Waals surface area contributed by atoms with Crippen molar-refractivity contribution in [3.63, 3.8) is 0 Å². The summed E-state index contributed by atoms with van der Waals surface area (Å²) in [7, 11) is 0. The third kappa shape index (κ3) is 4.52. The number of carbonyl (C=O) groups excluding carboxylic acids is 2. The average Bonchev–Trinajstić information content (AvgIpc) is 3.25. The van der Waals surface area contributed by atoms with E-state index in [1.807, 2.05) is 30.3 Å². The molecule has 8 heteroatoms. The van der Waals surface area contributed by atoms with Gasteiger partial charge in [-0.2, -0.15) is 0 Å². The van der Waals surface area contributed by atoms with Crippen molar-refractivity contribution in [2.24, 2.45) is 5.73 Å². The number of nitrogens with one attached hydrogen (secondary N) is 2. The van der Waals surface area contributed by atoms with Crippen LogP contribution in [0.25, 0.3) is 11.3 Å². The van der Waals surface area contributed by atoms with E-state index in [-0.39, 0.29) is 12.5 Å². The molecule has 2 amide bonds. The average molecular weight is 356 g/mol. The van der Waals surface area contributed by atoms with Crippen LogP contribution in [0.15, 0.2) is 48.0 Å². The molecule has 2 aromatic heterocycles. The molecule has 0 aliphatic carbocycles.